The summed E-state index contributed by atoms with van der Waals surface area (Å²) in [5.41, 5.74) is -0.0244. The fraction of sp³-hybridized carbons (Fsp3) is 0.300. The van der Waals surface area contributed by atoms with Crippen molar-refractivity contribution in [1.29, 1.82) is 0 Å². The van der Waals surface area contributed by atoms with Crippen LogP contribution in [-0.4, -0.2) is 30.1 Å². The molecule has 17 heavy (non-hydrogen) atoms. The smallest absolute Gasteiger partial charge is 0.271 e. The second-order valence-electron chi connectivity index (χ2n) is 3.66. The molecular weight excluding hydrogens is 248 g/mol. The predicted octanol–water partition coefficient (Wildman–Crippen LogP) is 1.38. The Hall–Kier alpha value is -1.66. The Bertz CT molecular complexity index is 473. The molecule has 1 aliphatic rings. The number of hydrogen-bond acceptors (Lipinski definition) is 4. The average molecular weight is 257 g/mol. The summed E-state index contributed by atoms with van der Waals surface area (Å²) < 4.78 is 4.91. The number of non-ortho nitro benzene ring substituents is 1. The summed E-state index contributed by atoms with van der Waals surface area (Å²) in [6.07, 6.45) is 0. The largest absolute Gasteiger partial charge is 0.377 e. The van der Waals surface area contributed by atoms with E-state index in [1.165, 1.54) is 18.2 Å². The van der Waals surface area contributed by atoms with Crippen molar-refractivity contribution in [3.63, 3.8) is 0 Å². The number of rotatable bonds is 3. The highest BCUT2D eigenvalue weighted by Gasteiger charge is 2.22. The Morgan fingerprint density at radius 1 is 1.47 bits per heavy atom. The van der Waals surface area contributed by atoms with Gasteiger partial charge in [0, 0.05) is 22.7 Å². The van der Waals surface area contributed by atoms with Crippen LogP contribution >= 0.6 is 11.6 Å². The molecule has 0 spiro atoms. The van der Waals surface area contributed by atoms with Crippen molar-refractivity contribution in [3.8, 4) is 0 Å². The van der Waals surface area contributed by atoms with Crippen LogP contribution in [0.15, 0.2) is 18.2 Å². The van der Waals surface area contributed by atoms with Crippen LogP contribution in [0.5, 0.6) is 0 Å². The van der Waals surface area contributed by atoms with Gasteiger partial charge in [-0.1, -0.05) is 11.6 Å². The third kappa shape index (κ3) is 2.72. The SMILES string of the molecule is O=C(NC1COC1)c1cc(Cl)cc([N+](=O)[O-])c1. The molecule has 0 bridgehead atoms. The zero-order chi connectivity index (χ0) is 12.4. The first-order valence-corrected chi connectivity index (χ1v) is 5.27. The lowest BCUT2D eigenvalue weighted by Gasteiger charge is -2.26. The zero-order valence-corrected chi connectivity index (χ0v) is 9.44. The Morgan fingerprint density at radius 2 is 2.18 bits per heavy atom. The van der Waals surface area contributed by atoms with Gasteiger partial charge >= 0.3 is 0 Å². The Labute approximate surface area is 102 Å². The van der Waals surface area contributed by atoms with Gasteiger partial charge in [0.15, 0.2) is 0 Å². The third-order valence-corrected chi connectivity index (χ3v) is 2.55. The number of carbonyl (C=O) groups is 1. The first kappa shape index (κ1) is 11.8. The summed E-state index contributed by atoms with van der Waals surface area (Å²) in [4.78, 5) is 21.8. The summed E-state index contributed by atoms with van der Waals surface area (Å²) in [6.45, 7) is 0.933. The molecule has 1 amide bonds. The maximum absolute atomic E-state index is 11.7. The molecule has 1 saturated heterocycles. The molecule has 0 aliphatic carbocycles. The molecule has 0 unspecified atom stereocenters. The first-order chi connectivity index (χ1) is 8.06. The van der Waals surface area contributed by atoms with E-state index in [9.17, 15) is 14.9 Å². The third-order valence-electron chi connectivity index (χ3n) is 2.33. The molecule has 1 aromatic rings. The van der Waals surface area contributed by atoms with Crippen LogP contribution in [0.2, 0.25) is 5.02 Å². The molecule has 0 radical (unpaired) electrons. The lowest BCUT2D eigenvalue weighted by Crippen LogP contribution is -2.48. The number of nitro benzene ring substituents is 1. The first-order valence-electron chi connectivity index (χ1n) is 4.90. The lowest BCUT2D eigenvalue weighted by molar-refractivity contribution is -0.384. The molecule has 1 aromatic carbocycles. The maximum atomic E-state index is 11.7. The number of carbonyl (C=O) groups excluding carboxylic acids is 1. The molecule has 0 aromatic heterocycles. The summed E-state index contributed by atoms with van der Waals surface area (Å²) in [6, 6.07) is 3.76. The van der Waals surface area contributed by atoms with Gasteiger partial charge in [0.05, 0.1) is 24.2 Å². The summed E-state index contributed by atoms with van der Waals surface area (Å²) >= 11 is 5.71. The summed E-state index contributed by atoms with van der Waals surface area (Å²) in [7, 11) is 0. The van der Waals surface area contributed by atoms with Gasteiger partial charge in [0.1, 0.15) is 0 Å². The van der Waals surface area contributed by atoms with Gasteiger partial charge in [-0.15, -0.1) is 0 Å². The topological polar surface area (TPSA) is 81.5 Å². The molecule has 1 fully saturated rings. The standard InChI is InChI=1S/C10H9ClN2O4/c11-7-1-6(2-9(3-7)13(15)16)10(14)12-8-4-17-5-8/h1-3,8H,4-5H2,(H,12,14). The van der Waals surface area contributed by atoms with E-state index in [0.717, 1.165) is 0 Å². The molecule has 1 N–H and O–H groups in total. The fourth-order valence-electron chi connectivity index (χ4n) is 1.40. The van der Waals surface area contributed by atoms with E-state index in [4.69, 9.17) is 16.3 Å². The molecule has 7 heteroatoms. The van der Waals surface area contributed by atoms with Crippen molar-refractivity contribution in [1.82, 2.24) is 5.32 Å². The van der Waals surface area contributed by atoms with Gasteiger partial charge < -0.3 is 10.1 Å². The molecule has 90 valence electrons. The number of nitrogens with one attached hydrogen (secondary N) is 1. The fourth-order valence-corrected chi connectivity index (χ4v) is 1.63. The van der Waals surface area contributed by atoms with E-state index in [2.05, 4.69) is 5.32 Å². The Morgan fingerprint density at radius 3 is 2.71 bits per heavy atom. The molecule has 2 rings (SSSR count). The van der Waals surface area contributed by atoms with Gasteiger partial charge in [-0.3, -0.25) is 14.9 Å². The van der Waals surface area contributed by atoms with E-state index < -0.39 is 4.92 Å². The maximum Gasteiger partial charge on any atom is 0.271 e. The average Bonchev–Trinajstić information content (AvgIpc) is 2.22. The highest BCUT2D eigenvalue weighted by atomic mass is 35.5. The summed E-state index contributed by atoms with van der Waals surface area (Å²) in [5.74, 6) is -0.385. The quantitative estimate of drug-likeness (QED) is 0.654. The minimum absolute atomic E-state index is 0.0273. The predicted molar refractivity (Wildman–Crippen MR) is 60.2 cm³/mol. The lowest BCUT2D eigenvalue weighted by atomic mass is 10.1. The van der Waals surface area contributed by atoms with Crippen LogP contribution < -0.4 is 5.32 Å². The van der Waals surface area contributed by atoms with Crippen molar-refractivity contribution >= 4 is 23.2 Å². The van der Waals surface area contributed by atoms with Crippen LogP contribution in [-0.2, 0) is 4.74 Å². The Balaban J connectivity index is 2.18. The minimum atomic E-state index is -0.588. The van der Waals surface area contributed by atoms with Gasteiger partial charge in [-0.25, -0.2) is 0 Å². The number of halogens is 1. The van der Waals surface area contributed by atoms with Gasteiger partial charge in [-0.2, -0.15) is 0 Å². The van der Waals surface area contributed by atoms with Crippen LogP contribution in [0.3, 0.4) is 0 Å². The van der Waals surface area contributed by atoms with Crippen molar-refractivity contribution < 1.29 is 14.5 Å². The number of hydrogen-bond donors (Lipinski definition) is 1. The Kier molecular flexibility index (Phi) is 3.26. The number of nitrogens with zero attached hydrogens (tertiary/aromatic N) is 1. The molecular formula is C10H9ClN2O4. The van der Waals surface area contributed by atoms with E-state index in [0.29, 0.717) is 13.2 Å². The van der Waals surface area contributed by atoms with Gasteiger partial charge in [0.2, 0.25) is 0 Å². The highest BCUT2D eigenvalue weighted by molar-refractivity contribution is 6.31. The van der Waals surface area contributed by atoms with E-state index in [-0.39, 0.29) is 28.2 Å². The monoisotopic (exact) mass is 256 g/mol. The van der Waals surface area contributed by atoms with E-state index in [1.807, 2.05) is 0 Å². The minimum Gasteiger partial charge on any atom is -0.377 e. The number of nitro groups is 1. The zero-order valence-electron chi connectivity index (χ0n) is 8.68. The molecule has 6 nitrogen and oxygen atoms in total. The van der Waals surface area contributed by atoms with E-state index in [1.54, 1.807) is 0 Å². The molecule has 1 heterocycles. The summed E-state index contributed by atoms with van der Waals surface area (Å²) in [5, 5.41) is 13.5. The van der Waals surface area contributed by atoms with Crippen molar-refractivity contribution in [3.05, 3.63) is 38.9 Å². The second kappa shape index (κ2) is 4.68. The molecule has 1 aliphatic heterocycles. The number of amides is 1. The van der Waals surface area contributed by atoms with E-state index >= 15 is 0 Å². The van der Waals surface area contributed by atoms with Crippen molar-refractivity contribution in [2.75, 3.05) is 13.2 Å². The molecule has 0 atom stereocenters. The van der Waals surface area contributed by atoms with Crippen LogP contribution in [0.4, 0.5) is 5.69 Å². The van der Waals surface area contributed by atoms with Crippen molar-refractivity contribution in [2.45, 2.75) is 6.04 Å². The second-order valence-corrected chi connectivity index (χ2v) is 4.10. The highest BCUT2D eigenvalue weighted by Crippen LogP contribution is 2.21. The number of benzene rings is 1. The van der Waals surface area contributed by atoms with Crippen LogP contribution in [0.25, 0.3) is 0 Å². The van der Waals surface area contributed by atoms with Crippen molar-refractivity contribution in [2.24, 2.45) is 0 Å². The number of ether oxygens (including phenoxy) is 1. The normalized spacial score (nSPS) is 15.1. The van der Waals surface area contributed by atoms with Gasteiger partial charge in [0.25, 0.3) is 11.6 Å². The van der Waals surface area contributed by atoms with Crippen LogP contribution in [0, 0.1) is 10.1 Å². The molecule has 0 saturated carbocycles. The van der Waals surface area contributed by atoms with Gasteiger partial charge in [-0.05, 0) is 6.07 Å². The van der Waals surface area contributed by atoms with Crippen LogP contribution in [0.1, 0.15) is 10.4 Å².